The SMILES string of the molecule is CN(CC(=O)NC(C)(C)C)CC(=O)N1CCC(Cc2ccccc2)CC1. The number of piperidine rings is 1. The Balaban J connectivity index is 1.71. The van der Waals surface area contributed by atoms with Gasteiger partial charge in [0.25, 0.3) is 0 Å². The minimum atomic E-state index is -0.247. The van der Waals surface area contributed by atoms with Crippen LogP contribution in [-0.4, -0.2) is 60.4 Å². The van der Waals surface area contributed by atoms with E-state index in [4.69, 9.17) is 0 Å². The largest absolute Gasteiger partial charge is 0.350 e. The first-order valence-corrected chi connectivity index (χ1v) is 9.54. The molecule has 0 atom stereocenters. The Morgan fingerprint density at radius 1 is 1.12 bits per heavy atom. The molecule has 5 heteroatoms. The molecule has 1 aromatic rings. The first-order chi connectivity index (χ1) is 12.2. The lowest BCUT2D eigenvalue weighted by atomic mass is 9.90. The van der Waals surface area contributed by atoms with Gasteiger partial charge in [-0.3, -0.25) is 14.5 Å². The van der Waals surface area contributed by atoms with Gasteiger partial charge in [-0.05, 0) is 58.6 Å². The summed E-state index contributed by atoms with van der Waals surface area (Å²) in [5, 5.41) is 2.93. The molecule has 0 spiro atoms. The molecule has 144 valence electrons. The predicted molar refractivity (Wildman–Crippen MR) is 105 cm³/mol. The van der Waals surface area contributed by atoms with Crippen molar-refractivity contribution in [2.24, 2.45) is 5.92 Å². The standard InChI is InChI=1S/C21H33N3O2/c1-21(2,3)22-19(25)15-23(4)16-20(26)24-12-10-18(11-13-24)14-17-8-6-5-7-9-17/h5-9,18H,10-16H2,1-4H3,(H,22,25). The topological polar surface area (TPSA) is 52.7 Å². The van der Waals surface area contributed by atoms with E-state index in [1.807, 2.05) is 38.8 Å². The van der Waals surface area contributed by atoms with Gasteiger partial charge in [-0.2, -0.15) is 0 Å². The minimum absolute atomic E-state index is 0.0469. The molecule has 1 aromatic carbocycles. The van der Waals surface area contributed by atoms with Crippen molar-refractivity contribution in [2.45, 2.75) is 45.6 Å². The zero-order valence-corrected chi connectivity index (χ0v) is 16.6. The summed E-state index contributed by atoms with van der Waals surface area (Å²) in [6, 6.07) is 10.6. The summed E-state index contributed by atoms with van der Waals surface area (Å²) in [6.07, 6.45) is 3.19. The summed E-state index contributed by atoms with van der Waals surface area (Å²) in [5.41, 5.74) is 1.13. The smallest absolute Gasteiger partial charge is 0.236 e. The van der Waals surface area contributed by atoms with Crippen LogP contribution in [0.1, 0.15) is 39.2 Å². The summed E-state index contributed by atoms with van der Waals surface area (Å²) in [5.74, 6) is 0.723. The van der Waals surface area contributed by atoms with Crippen LogP contribution in [0.4, 0.5) is 0 Å². The van der Waals surface area contributed by atoms with Crippen molar-refractivity contribution in [3.05, 3.63) is 35.9 Å². The molecular formula is C21H33N3O2. The first kappa shape index (κ1) is 20.4. The highest BCUT2D eigenvalue weighted by Crippen LogP contribution is 2.21. The van der Waals surface area contributed by atoms with Crippen LogP contribution in [0.5, 0.6) is 0 Å². The van der Waals surface area contributed by atoms with E-state index in [2.05, 4.69) is 29.6 Å². The molecule has 26 heavy (non-hydrogen) atoms. The van der Waals surface area contributed by atoms with Crippen molar-refractivity contribution in [3.63, 3.8) is 0 Å². The highest BCUT2D eigenvalue weighted by Gasteiger charge is 2.24. The second-order valence-corrected chi connectivity index (χ2v) is 8.48. The van der Waals surface area contributed by atoms with E-state index in [9.17, 15) is 9.59 Å². The number of carbonyl (C=O) groups excluding carboxylic acids is 2. The number of amides is 2. The van der Waals surface area contributed by atoms with Gasteiger partial charge in [0.05, 0.1) is 13.1 Å². The van der Waals surface area contributed by atoms with Crippen LogP contribution in [0, 0.1) is 5.92 Å². The molecule has 0 aliphatic carbocycles. The molecule has 0 bridgehead atoms. The maximum atomic E-state index is 12.5. The van der Waals surface area contributed by atoms with Gasteiger partial charge in [-0.1, -0.05) is 30.3 Å². The number of likely N-dealkylation sites (tertiary alicyclic amines) is 1. The zero-order valence-electron chi connectivity index (χ0n) is 16.6. The fourth-order valence-electron chi connectivity index (χ4n) is 3.42. The molecule has 1 aliphatic heterocycles. The first-order valence-electron chi connectivity index (χ1n) is 9.54. The van der Waals surface area contributed by atoms with E-state index in [1.54, 1.807) is 4.90 Å². The Labute approximate surface area is 157 Å². The van der Waals surface area contributed by atoms with Crippen LogP contribution in [-0.2, 0) is 16.0 Å². The van der Waals surface area contributed by atoms with Gasteiger partial charge in [-0.15, -0.1) is 0 Å². The van der Waals surface area contributed by atoms with Gasteiger partial charge >= 0.3 is 0 Å². The van der Waals surface area contributed by atoms with Crippen LogP contribution >= 0.6 is 0 Å². The number of hydrogen-bond acceptors (Lipinski definition) is 3. The summed E-state index contributed by atoms with van der Waals surface area (Å²) >= 11 is 0. The monoisotopic (exact) mass is 359 g/mol. The molecule has 1 saturated heterocycles. The third kappa shape index (κ3) is 7.16. The molecule has 0 aromatic heterocycles. The lowest BCUT2D eigenvalue weighted by Crippen LogP contribution is -2.48. The molecule has 1 N–H and O–H groups in total. The van der Waals surface area contributed by atoms with Crippen molar-refractivity contribution in [2.75, 3.05) is 33.2 Å². The molecule has 0 saturated carbocycles. The third-order valence-corrected chi connectivity index (χ3v) is 4.67. The van der Waals surface area contributed by atoms with Crippen LogP contribution in [0.2, 0.25) is 0 Å². The number of hydrogen-bond donors (Lipinski definition) is 1. The molecule has 1 aliphatic rings. The molecule has 1 heterocycles. The number of rotatable bonds is 6. The fourth-order valence-corrected chi connectivity index (χ4v) is 3.42. The summed E-state index contributed by atoms with van der Waals surface area (Å²) in [4.78, 5) is 28.2. The average Bonchev–Trinajstić information content (AvgIpc) is 2.54. The summed E-state index contributed by atoms with van der Waals surface area (Å²) in [6.45, 7) is 8.03. The Bertz CT molecular complexity index is 587. The predicted octanol–water partition coefficient (Wildman–Crippen LogP) is 2.31. The Hall–Kier alpha value is -1.88. The maximum Gasteiger partial charge on any atom is 0.236 e. The Morgan fingerprint density at radius 3 is 2.31 bits per heavy atom. The summed E-state index contributed by atoms with van der Waals surface area (Å²) < 4.78 is 0. The highest BCUT2D eigenvalue weighted by atomic mass is 16.2. The van der Waals surface area contributed by atoms with Gasteiger partial charge in [0.15, 0.2) is 0 Å². The second kappa shape index (κ2) is 9.17. The van der Waals surface area contributed by atoms with E-state index in [0.717, 1.165) is 32.4 Å². The van der Waals surface area contributed by atoms with E-state index in [-0.39, 0.29) is 23.9 Å². The van der Waals surface area contributed by atoms with Gasteiger partial charge in [0, 0.05) is 18.6 Å². The zero-order chi connectivity index (χ0) is 19.2. The van der Waals surface area contributed by atoms with E-state index >= 15 is 0 Å². The molecule has 2 amide bonds. The molecule has 0 unspecified atom stereocenters. The third-order valence-electron chi connectivity index (χ3n) is 4.67. The second-order valence-electron chi connectivity index (χ2n) is 8.48. The molecule has 1 fully saturated rings. The molecule has 5 nitrogen and oxygen atoms in total. The van der Waals surface area contributed by atoms with Crippen molar-refractivity contribution < 1.29 is 9.59 Å². The van der Waals surface area contributed by atoms with Gasteiger partial charge < -0.3 is 10.2 Å². The van der Waals surface area contributed by atoms with E-state index < -0.39 is 0 Å². The van der Waals surface area contributed by atoms with Gasteiger partial charge in [0.1, 0.15) is 0 Å². The van der Waals surface area contributed by atoms with Crippen molar-refractivity contribution >= 4 is 11.8 Å². The minimum Gasteiger partial charge on any atom is -0.350 e. The Kier molecular flexibility index (Phi) is 7.21. The highest BCUT2D eigenvalue weighted by molar-refractivity contribution is 5.81. The van der Waals surface area contributed by atoms with Crippen molar-refractivity contribution in [1.29, 1.82) is 0 Å². The molecule has 0 radical (unpaired) electrons. The number of likely N-dealkylation sites (N-methyl/N-ethyl adjacent to an activating group) is 1. The van der Waals surface area contributed by atoms with Crippen LogP contribution in [0.25, 0.3) is 0 Å². The number of nitrogens with one attached hydrogen (secondary N) is 1. The van der Waals surface area contributed by atoms with E-state index in [0.29, 0.717) is 12.5 Å². The Morgan fingerprint density at radius 2 is 1.73 bits per heavy atom. The van der Waals surface area contributed by atoms with Crippen molar-refractivity contribution in [3.8, 4) is 0 Å². The van der Waals surface area contributed by atoms with Crippen molar-refractivity contribution in [1.82, 2.24) is 15.1 Å². The molecular weight excluding hydrogens is 326 g/mol. The van der Waals surface area contributed by atoms with E-state index in [1.165, 1.54) is 5.56 Å². The lowest BCUT2D eigenvalue weighted by molar-refractivity contribution is -0.134. The summed E-state index contributed by atoms with van der Waals surface area (Å²) in [7, 11) is 1.82. The normalized spacial score (nSPS) is 16.0. The maximum absolute atomic E-state index is 12.5. The number of nitrogens with zero attached hydrogens (tertiary/aromatic N) is 2. The van der Waals surface area contributed by atoms with Gasteiger partial charge in [0.2, 0.25) is 11.8 Å². The molecule has 2 rings (SSSR count). The number of carbonyl (C=O) groups is 2. The van der Waals surface area contributed by atoms with Crippen LogP contribution < -0.4 is 5.32 Å². The fraction of sp³-hybridized carbons (Fsp3) is 0.619. The van der Waals surface area contributed by atoms with Gasteiger partial charge in [-0.25, -0.2) is 0 Å². The van der Waals surface area contributed by atoms with Crippen LogP contribution in [0.15, 0.2) is 30.3 Å². The quantitative estimate of drug-likeness (QED) is 0.848. The lowest BCUT2D eigenvalue weighted by Gasteiger charge is -2.33. The average molecular weight is 360 g/mol. The number of benzene rings is 1. The van der Waals surface area contributed by atoms with Crippen LogP contribution in [0.3, 0.4) is 0 Å².